The largest absolute Gasteiger partial charge is 0.367 e. The van der Waals surface area contributed by atoms with E-state index in [-0.39, 0.29) is 0 Å². The zero-order chi connectivity index (χ0) is 19.7. The second-order valence-corrected chi connectivity index (χ2v) is 9.49. The Kier molecular flexibility index (Phi) is 7.84. The number of fused-ring (bicyclic) bond motifs is 1. The first-order valence-corrected chi connectivity index (χ1v) is 12.5. The fourth-order valence-corrected chi connectivity index (χ4v) is 5.42. The molecule has 0 amide bonds. The van der Waals surface area contributed by atoms with Crippen molar-refractivity contribution in [2.45, 2.75) is 109 Å². The standard InChI is InChI=1S/C25H40N4/c1-2-5-9-13-21(12-8-4-1)16-17-26-24-25-27-18-19-29(25)20-23(28-24)22-14-10-6-3-7-11-15-22/h18-22H,1-17H2,(H,26,28). The van der Waals surface area contributed by atoms with Gasteiger partial charge >= 0.3 is 0 Å². The molecule has 2 aliphatic rings. The van der Waals surface area contributed by atoms with E-state index in [1.807, 2.05) is 6.20 Å². The van der Waals surface area contributed by atoms with Gasteiger partial charge < -0.3 is 9.72 Å². The molecule has 4 heteroatoms. The van der Waals surface area contributed by atoms with E-state index in [1.54, 1.807) is 0 Å². The number of hydrogen-bond donors (Lipinski definition) is 1. The first-order valence-electron chi connectivity index (χ1n) is 12.5. The molecule has 0 spiro atoms. The van der Waals surface area contributed by atoms with Crippen molar-refractivity contribution < 1.29 is 0 Å². The summed E-state index contributed by atoms with van der Waals surface area (Å²) in [7, 11) is 0. The summed E-state index contributed by atoms with van der Waals surface area (Å²) in [5.74, 6) is 2.49. The Morgan fingerprint density at radius 2 is 1.45 bits per heavy atom. The summed E-state index contributed by atoms with van der Waals surface area (Å²) < 4.78 is 2.18. The molecule has 0 radical (unpaired) electrons. The lowest BCUT2D eigenvalue weighted by Crippen LogP contribution is -2.13. The summed E-state index contributed by atoms with van der Waals surface area (Å²) in [5.41, 5.74) is 2.25. The summed E-state index contributed by atoms with van der Waals surface area (Å²) >= 11 is 0. The van der Waals surface area contributed by atoms with Crippen molar-refractivity contribution in [2.24, 2.45) is 5.92 Å². The monoisotopic (exact) mass is 396 g/mol. The first-order chi connectivity index (χ1) is 14.4. The van der Waals surface area contributed by atoms with Crippen molar-refractivity contribution in [3.05, 3.63) is 24.3 Å². The van der Waals surface area contributed by atoms with Crippen molar-refractivity contribution in [1.29, 1.82) is 0 Å². The predicted octanol–water partition coefficient (Wildman–Crippen LogP) is 7.11. The van der Waals surface area contributed by atoms with Crippen molar-refractivity contribution in [3.8, 4) is 0 Å². The van der Waals surface area contributed by atoms with Crippen molar-refractivity contribution in [2.75, 3.05) is 11.9 Å². The van der Waals surface area contributed by atoms with Gasteiger partial charge in [-0.1, -0.05) is 83.5 Å². The maximum Gasteiger partial charge on any atom is 0.180 e. The van der Waals surface area contributed by atoms with Crippen LogP contribution in [0.2, 0.25) is 0 Å². The summed E-state index contributed by atoms with van der Waals surface area (Å²) in [6.07, 6.45) is 28.4. The molecule has 2 aromatic rings. The molecular weight excluding hydrogens is 356 g/mol. The molecule has 2 saturated carbocycles. The van der Waals surface area contributed by atoms with Gasteiger partial charge in [-0.3, -0.25) is 0 Å². The lowest BCUT2D eigenvalue weighted by Gasteiger charge is -2.21. The van der Waals surface area contributed by atoms with E-state index in [1.165, 1.54) is 108 Å². The number of rotatable bonds is 5. The minimum Gasteiger partial charge on any atom is -0.367 e. The minimum absolute atomic E-state index is 0.608. The Bertz CT molecular complexity index is 719. The molecule has 2 heterocycles. The van der Waals surface area contributed by atoms with Crippen LogP contribution >= 0.6 is 0 Å². The first kappa shape index (κ1) is 20.7. The normalized spacial score (nSPS) is 21.1. The second-order valence-electron chi connectivity index (χ2n) is 9.49. The molecule has 1 N–H and O–H groups in total. The molecule has 29 heavy (non-hydrogen) atoms. The van der Waals surface area contributed by atoms with Gasteiger partial charge in [0.25, 0.3) is 0 Å². The lowest BCUT2D eigenvalue weighted by molar-refractivity contribution is 0.409. The van der Waals surface area contributed by atoms with Crippen LogP contribution in [0.1, 0.15) is 114 Å². The molecule has 4 nitrogen and oxygen atoms in total. The maximum atomic E-state index is 5.11. The zero-order valence-corrected chi connectivity index (χ0v) is 18.2. The molecule has 0 aromatic carbocycles. The summed E-state index contributed by atoms with van der Waals surface area (Å²) in [6, 6.07) is 0. The highest BCUT2D eigenvalue weighted by Gasteiger charge is 2.18. The lowest BCUT2D eigenvalue weighted by atomic mass is 9.89. The quantitative estimate of drug-likeness (QED) is 0.585. The van der Waals surface area contributed by atoms with Gasteiger partial charge in [0.2, 0.25) is 0 Å². The molecule has 4 rings (SSSR count). The average Bonchev–Trinajstić information content (AvgIpc) is 3.21. The Morgan fingerprint density at radius 3 is 2.14 bits per heavy atom. The van der Waals surface area contributed by atoms with Gasteiger partial charge in [-0.15, -0.1) is 0 Å². The van der Waals surface area contributed by atoms with Gasteiger partial charge in [-0.25, -0.2) is 9.97 Å². The molecule has 2 fully saturated rings. The van der Waals surface area contributed by atoms with Crippen LogP contribution < -0.4 is 5.32 Å². The summed E-state index contributed by atoms with van der Waals surface area (Å²) in [6.45, 7) is 1.02. The third-order valence-electron chi connectivity index (χ3n) is 7.24. The summed E-state index contributed by atoms with van der Waals surface area (Å²) in [5, 5.41) is 3.69. The molecule has 160 valence electrons. The van der Waals surface area contributed by atoms with Gasteiger partial charge in [-0.2, -0.15) is 0 Å². The fourth-order valence-electron chi connectivity index (χ4n) is 5.42. The van der Waals surface area contributed by atoms with E-state index in [2.05, 4.69) is 27.1 Å². The third kappa shape index (κ3) is 5.96. The van der Waals surface area contributed by atoms with E-state index in [0.717, 1.165) is 23.9 Å². The smallest absolute Gasteiger partial charge is 0.180 e. The number of hydrogen-bond acceptors (Lipinski definition) is 3. The molecule has 2 aliphatic carbocycles. The predicted molar refractivity (Wildman–Crippen MR) is 122 cm³/mol. The van der Waals surface area contributed by atoms with E-state index >= 15 is 0 Å². The fraction of sp³-hybridized carbons (Fsp3) is 0.760. The Balaban J connectivity index is 1.41. The van der Waals surface area contributed by atoms with E-state index in [4.69, 9.17) is 4.98 Å². The number of nitrogens with zero attached hydrogens (tertiary/aromatic N) is 3. The molecule has 0 atom stereocenters. The Labute approximate surface area is 176 Å². The highest BCUT2D eigenvalue weighted by molar-refractivity contribution is 5.62. The topological polar surface area (TPSA) is 42.2 Å². The van der Waals surface area contributed by atoms with Gasteiger partial charge in [0.15, 0.2) is 11.5 Å². The second kappa shape index (κ2) is 11.0. The van der Waals surface area contributed by atoms with Gasteiger partial charge in [0.1, 0.15) is 0 Å². The highest BCUT2D eigenvalue weighted by atomic mass is 15.1. The van der Waals surface area contributed by atoms with Crippen LogP contribution in [-0.2, 0) is 0 Å². The number of anilines is 1. The Hall–Kier alpha value is -1.58. The molecule has 0 bridgehead atoms. The van der Waals surface area contributed by atoms with Crippen LogP contribution in [0.5, 0.6) is 0 Å². The van der Waals surface area contributed by atoms with Crippen LogP contribution in [0.4, 0.5) is 5.82 Å². The zero-order valence-electron chi connectivity index (χ0n) is 18.2. The third-order valence-corrected chi connectivity index (χ3v) is 7.24. The van der Waals surface area contributed by atoms with Crippen molar-refractivity contribution in [3.63, 3.8) is 0 Å². The van der Waals surface area contributed by atoms with Crippen LogP contribution in [0.25, 0.3) is 5.65 Å². The van der Waals surface area contributed by atoms with Gasteiger partial charge in [-0.05, 0) is 25.2 Å². The van der Waals surface area contributed by atoms with E-state index < -0.39 is 0 Å². The van der Waals surface area contributed by atoms with Crippen LogP contribution in [-0.4, -0.2) is 20.9 Å². The molecular formula is C25H40N4. The van der Waals surface area contributed by atoms with E-state index in [9.17, 15) is 0 Å². The van der Waals surface area contributed by atoms with Crippen molar-refractivity contribution in [1.82, 2.24) is 14.4 Å². The minimum atomic E-state index is 0.608. The van der Waals surface area contributed by atoms with Gasteiger partial charge in [0.05, 0.1) is 5.69 Å². The van der Waals surface area contributed by atoms with E-state index in [0.29, 0.717) is 5.92 Å². The highest BCUT2D eigenvalue weighted by Crippen LogP contribution is 2.31. The Morgan fingerprint density at radius 1 is 0.828 bits per heavy atom. The molecule has 0 aliphatic heterocycles. The number of nitrogens with one attached hydrogen (secondary N) is 1. The SMILES string of the molecule is c1cn2cc(C3CCCCCCC3)nc(NCCC3CCCCCCCC3)c2n1. The van der Waals surface area contributed by atoms with Crippen LogP contribution in [0.15, 0.2) is 18.6 Å². The number of imidazole rings is 1. The maximum absolute atomic E-state index is 5.11. The van der Waals surface area contributed by atoms with Gasteiger partial charge in [0, 0.05) is 31.1 Å². The van der Waals surface area contributed by atoms with Crippen molar-refractivity contribution >= 4 is 11.5 Å². The van der Waals surface area contributed by atoms with Crippen LogP contribution in [0, 0.1) is 5.92 Å². The molecule has 2 aromatic heterocycles. The molecule has 0 saturated heterocycles. The summed E-state index contributed by atoms with van der Waals surface area (Å²) in [4.78, 5) is 9.69. The molecule has 0 unspecified atom stereocenters. The number of aromatic nitrogens is 3. The van der Waals surface area contributed by atoms with Crippen LogP contribution in [0.3, 0.4) is 0 Å². The average molecular weight is 397 g/mol.